The number of hydrogen-bond acceptors (Lipinski definition) is 4. The maximum atomic E-state index is 13.4. The van der Waals surface area contributed by atoms with Gasteiger partial charge in [0.25, 0.3) is 5.78 Å². The number of Topliss-reactive ketones (excluding diaryl/α,β-unsaturated/α-hetero) is 1. The van der Waals surface area contributed by atoms with Crippen molar-refractivity contribution in [3.63, 3.8) is 0 Å². The number of aryl methyl sites for hydroxylation is 1. The van der Waals surface area contributed by atoms with Crippen LogP contribution in [0, 0.1) is 6.92 Å². The van der Waals surface area contributed by atoms with Gasteiger partial charge in [0.05, 0.1) is 22.6 Å². The van der Waals surface area contributed by atoms with Crippen molar-refractivity contribution in [1.29, 1.82) is 0 Å². The fourth-order valence-corrected chi connectivity index (χ4v) is 4.78. The van der Waals surface area contributed by atoms with Gasteiger partial charge in [0, 0.05) is 10.0 Å². The van der Waals surface area contributed by atoms with E-state index in [0.717, 1.165) is 21.1 Å². The fraction of sp³-hybridized carbons (Fsp3) is 0.207. The van der Waals surface area contributed by atoms with Crippen molar-refractivity contribution in [3.8, 4) is 0 Å². The van der Waals surface area contributed by atoms with Crippen molar-refractivity contribution in [1.82, 2.24) is 9.97 Å². The molecule has 4 aromatic rings. The molecule has 1 fully saturated rings. The molecule has 0 radical (unpaired) electrons. The highest BCUT2D eigenvalue weighted by molar-refractivity contribution is 9.10. The number of hydrogen-bond donors (Lipinski definition) is 2. The van der Waals surface area contributed by atoms with Gasteiger partial charge < -0.3 is 10.1 Å². The highest BCUT2D eigenvalue weighted by Crippen LogP contribution is 2.42. The molecule has 0 aliphatic carbocycles. The van der Waals surface area contributed by atoms with Crippen LogP contribution in [0.3, 0.4) is 0 Å². The maximum Gasteiger partial charge on any atom is 0.302 e. The van der Waals surface area contributed by atoms with E-state index in [2.05, 4.69) is 46.7 Å². The topological polar surface area (TPSA) is 86.3 Å². The van der Waals surface area contributed by atoms with Gasteiger partial charge in [0.1, 0.15) is 5.76 Å². The van der Waals surface area contributed by atoms with Crippen LogP contribution in [0.1, 0.15) is 49.1 Å². The smallest absolute Gasteiger partial charge is 0.302 e. The number of anilines is 1. The number of aromatic nitrogens is 2. The third-order valence-corrected chi connectivity index (χ3v) is 7.04. The van der Waals surface area contributed by atoms with Crippen LogP contribution >= 0.6 is 15.9 Å². The number of aliphatic hydroxyl groups excluding tert-OH is 1. The van der Waals surface area contributed by atoms with Crippen molar-refractivity contribution < 1.29 is 14.7 Å². The summed E-state index contributed by atoms with van der Waals surface area (Å²) in [6.07, 6.45) is 0. The number of rotatable bonds is 3. The van der Waals surface area contributed by atoms with Crippen LogP contribution < -0.4 is 4.90 Å². The van der Waals surface area contributed by atoms with Crippen molar-refractivity contribution in [2.24, 2.45) is 0 Å². The first-order valence-electron chi connectivity index (χ1n) is 11.7. The van der Waals surface area contributed by atoms with Crippen LogP contribution in [0.15, 0.2) is 76.8 Å². The molecule has 1 amide bonds. The lowest BCUT2D eigenvalue weighted by molar-refractivity contribution is -0.132. The lowest BCUT2D eigenvalue weighted by atomic mass is 9.85. The normalized spacial score (nSPS) is 17.8. The zero-order chi connectivity index (χ0) is 25.8. The molecule has 2 N–H and O–H groups in total. The quantitative estimate of drug-likeness (QED) is 0.174. The number of imidazole rings is 1. The number of fused-ring (bicyclic) bond motifs is 1. The second-order valence-electron chi connectivity index (χ2n) is 10.1. The number of nitrogens with zero attached hydrogens (tertiary/aromatic N) is 2. The summed E-state index contributed by atoms with van der Waals surface area (Å²) in [5.74, 6) is -1.45. The van der Waals surface area contributed by atoms with Crippen molar-refractivity contribution in [3.05, 3.63) is 99.0 Å². The number of aliphatic hydroxyl groups is 1. The minimum atomic E-state index is -0.843. The summed E-state index contributed by atoms with van der Waals surface area (Å²) in [5.41, 5.74) is 4.75. The van der Waals surface area contributed by atoms with E-state index in [4.69, 9.17) is 0 Å². The number of halogens is 1. The third kappa shape index (κ3) is 4.13. The number of carbonyl (C=O) groups excluding carboxylic acids is 2. The van der Waals surface area contributed by atoms with Crippen LogP contribution in [0.2, 0.25) is 0 Å². The second kappa shape index (κ2) is 8.75. The Balaban J connectivity index is 1.71. The van der Waals surface area contributed by atoms with Gasteiger partial charge in [0.2, 0.25) is 5.95 Å². The van der Waals surface area contributed by atoms with Crippen LogP contribution in [0.4, 0.5) is 5.95 Å². The summed E-state index contributed by atoms with van der Waals surface area (Å²) >= 11 is 3.39. The number of benzene rings is 3. The van der Waals surface area contributed by atoms with E-state index in [1.165, 1.54) is 4.90 Å². The van der Waals surface area contributed by atoms with Gasteiger partial charge >= 0.3 is 5.91 Å². The van der Waals surface area contributed by atoms with E-state index in [1.54, 1.807) is 24.3 Å². The number of aromatic amines is 1. The van der Waals surface area contributed by atoms with Gasteiger partial charge in [-0.3, -0.25) is 14.5 Å². The van der Waals surface area contributed by atoms with Crippen molar-refractivity contribution in [2.45, 2.75) is 39.2 Å². The minimum Gasteiger partial charge on any atom is -0.507 e. The molecule has 36 heavy (non-hydrogen) atoms. The Morgan fingerprint density at radius 3 is 2.31 bits per heavy atom. The highest BCUT2D eigenvalue weighted by Gasteiger charge is 2.48. The molecule has 1 atom stereocenters. The van der Waals surface area contributed by atoms with E-state index in [-0.39, 0.29) is 22.7 Å². The van der Waals surface area contributed by atoms with Gasteiger partial charge in [-0.25, -0.2) is 4.98 Å². The predicted molar refractivity (Wildman–Crippen MR) is 145 cm³/mol. The second-order valence-corrected chi connectivity index (χ2v) is 11.0. The molecule has 3 aromatic carbocycles. The average molecular weight is 544 g/mol. The molecule has 1 unspecified atom stereocenters. The zero-order valence-electron chi connectivity index (χ0n) is 20.5. The molecule has 1 saturated heterocycles. The minimum absolute atomic E-state index is 0.0301. The SMILES string of the molecule is Cc1ccc2nc(N3C(=O)C(=O)/C(=C(/O)c4ccc(Br)cc4)C3c3ccc(C(C)(C)C)cc3)[nH]c2c1. The first kappa shape index (κ1) is 24.0. The number of nitrogens with one attached hydrogen (secondary N) is 1. The molecule has 2 heterocycles. The number of ketones is 1. The van der Waals surface area contributed by atoms with Gasteiger partial charge in [-0.15, -0.1) is 0 Å². The molecule has 1 aliphatic heterocycles. The largest absolute Gasteiger partial charge is 0.507 e. The zero-order valence-corrected chi connectivity index (χ0v) is 22.1. The first-order chi connectivity index (χ1) is 17.0. The summed E-state index contributed by atoms with van der Waals surface area (Å²) in [6.45, 7) is 8.34. The van der Waals surface area contributed by atoms with Crippen molar-refractivity contribution >= 4 is 50.4 Å². The molecule has 0 spiro atoms. The number of H-pyrrole nitrogens is 1. The molecule has 5 rings (SSSR count). The molecule has 1 aliphatic rings. The Bertz CT molecular complexity index is 1530. The van der Waals surface area contributed by atoms with E-state index < -0.39 is 17.7 Å². The maximum absolute atomic E-state index is 13.4. The van der Waals surface area contributed by atoms with Crippen LogP contribution in [-0.4, -0.2) is 26.8 Å². The Morgan fingerprint density at radius 1 is 1.00 bits per heavy atom. The monoisotopic (exact) mass is 543 g/mol. The highest BCUT2D eigenvalue weighted by atomic mass is 79.9. The Kier molecular flexibility index (Phi) is 5.83. The summed E-state index contributed by atoms with van der Waals surface area (Å²) in [6, 6.07) is 19.7. The molecule has 182 valence electrons. The molecular weight excluding hydrogens is 518 g/mol. The lowest BCUT2D eigenvalue weighted by Gasteiger charge is -2.24. The van der Waals surface area contributed by atoms with Gasteiger partial charge in [0.15, 0.2) is 0 Å². The molecular formula is C29H26BrN3O3. The fourth-order valence-electron chi connectivity index (χ4n) is 4.52. The average Bonchev–Trinajstić information content (AvgIpc) is 3.36. The Labute approximate surface area is 217 Å². The molecule has 1 aromatic heterocycles. The van der Waals surface area contributed by atoms with Crippen LogP contribution in [0.25, 0.3) is 16.8 Å². The van der Waals surface area contributed by atoms with Gasteiger partial charge in [-0.2, -0.15) is 0 Å². The molecule has 0 bridgehead atoms. The number of amides is 1. The number of carbonyl (C=O) groups is 2. The van der Waals surface area contributed by atoms with Crippen LogP contribution in [-0.2, 0) is 15.0 Å². The molecule has 6 nitrogen and oxygen atoms in total. The van der Waals surface area contributed by atoms with Crippen molar-refractivity contribution in [2.75, 3.05) is 4.90 Å². The Hall–Kier alpha value is -3.71. The molecule has 0 saturated carbocycles. The van der Waals surface area contributed by atoms with Gasteiger partial charge in [-0.05, 0) is 53.3 Å². The first-order valence-corrected chi connectivity index (χ1v) is 12.5. The third-order valence-electron chi connectivity index (χ3n) is 6.51. The van der Waals surface area contributed by atoms with E-state index in [9.17, 15) is 14.7 Å². The van der Waals surface area contributed by atoms with E-state index >= 15 is 0 Å². The van der Waals surface area contributed by atoms with E-state index in [1.807, 2.05) is 49.4 Å². The lowest BCUT2D eigenvalue weighted by Crippen LogP contribution is -2.30. The van der Waals surface area contributed by atoms with Gasteiger partial charge in [-0.1, -0.05) is 79.2 Å². The predicted octanol–water partition coefficient (Wildman–Crippen LogP) is 6.56. The summed E-state index contributed by atoms with van der Waals surface area (Å²) in [5, 5.41) is 11.3. The summed E-state index contributed by atoms with van der Waals surface area (Å²) in [7, 11) is 0. The summed E-state index contributed by atoms with van der Waals surface area (Å²) < 4.78 is 0.839. The standard InChI is InChI=1S/C29H26BrN3O3/c1-16-5-14-21-22(15-16)32-28(31-21)33-24(17-6-10-19(11-7-17)29(2,3)4)23(26(35)27(33)36)25(34)18-8-12-20(30)13-9-18/h5-15,24,34H,1-4H3,(H,31,32)/b25-23+. The Morgan fingerprint density at radius 2 is 1.67 bits per heavy atom. The molecule has 7 heteroatoms. The van der Waals surface area contributed by atoms with E-state index in [0.29, 0.717) is 16.6 Å². The van der Waals surface area contributed by atoms with Crippen LogP contribution in [0.5, 0.6) is 0 Å². The summed E-state index contributed by atoms with van der Waals surface area (Å²) in [4.78, 5) is 36.0.